The molecule has 1 N–H and O–H groups in total. The summed E-state index contributed by atoms with van der Waals surface area (Å²) in [6.45, 7) is 11.3. The number of carbonyl (C=O) groups is 2. The highest BCUT2D eigenvalue weighted by Gasteiger charge is 2.35. The zero-order chi connectivity index (χ0) is 31.2. The molecule has 0 radical (unpaired) electrons. The predicted octanol–water partition coefficient (Wildman–Crippen LogP) is 4.54. The Bertz CT molecular complexity index is 1440. The summed E-state index contributed by atoms with van der Waals surface area (Å²) in [6, 6.07) is 22.2. The average Bonchev–Trinajstić information content (AvgIpc) is 3.00. The van der Waals surface area contributed by atoms with Gasteiger partial charge in [0, 0.05) is 63.5 Å². The molecule has 1 amide bonds. The van der Waals surface area contributed by atoms with Crippen molar-refractivity contribution in [3.63, 3.8) is 0 Å². The monoisotopic (exact) mass is 602 g/mol. The van der Waals surface area contributed by atoms with Crippen LogP contribution in [0.3, 0.4) is 0 Å². The van der Waals surface area contributed by atoms with E-state index < -0.39 is 0 Å². The van der Waals surface area contributed by atoms with Crippen molar-refractivity contribution in [2.75, 3.05) is 52.4 Å². The fourth-order valence-corrected chi connectivity index (χ4v) is 6.47. The summed E-state index contributed by atoms with van der Waals surface area (Å²) in [4.78, 5) is 34.2. The van der Waals surface area contributed by atoms with Crippen LogP contribution in [0.15, 0.2) is 72.8 Å². The lowest BCUT2D eigenvalue weighted by molar-refractivity contribution is -0.144. The predicted molar refractivity (Wildman–Crippen MR) is 168 cm³/mol. The summed E-state index contributed by atoms with van der Waals surface area (Å²) >= 11 is 0. The van der Waals surface area contributed by atoms with Gasteiger partial charge in [-0.25, -0.2) is 4.39 Å². The molecule has 3 aromatic rings. The minimum atomic E-state index is -0.240. The number of esters is 1. The second kappa shape index (κ2) is 14.3. The van der Waals surface area contributed by atoms with E-state index in [4.69, 9.17) is 4.74 Å². The van der Waals surface area contributed by atoms with Gasteiger partial charge < -0.3 is 14.7 Å². The standard InChI is InChI=1S/C35H43FN4O4/c1-4-44-33(42)24-37-14-16-38(17-15-37)35(43)30-11-6-9-28(19-30)34(29-10-7-13-32(41)20-29)40-22-25(2)39(21-26(40)3)23-27-8-5-12-31(36)18-27/h5-13,18-20,25-26,34,41H,4,14-17,21-24H2,1-3H3/t25-,26+,34?/m1/s1. The van der Waals surface area contributed by atoms with Crippen molar-refractivity contribution in [2.45, 2.75) is 45.4 Å². The molecular weight excluding hydrogens is 559 g/mol. The van der Waals surface area contributed by atoms with Gasteiger partial charge in [0.1, 0.15) is 11.6 Å². The Balaban J connectivity index is 1.35. The zero-order valence-corrected chi connectivity index (χ0v) is 25.9. The highest BCUT2D eigenvalue weighted by molar-refractivity contribution is 5.94. The van der Waals surface area contributed by atoms with Gasteiger partial charge in [-0.05, 0) is 73.9 Å². The van der Waals surface area contributed by atoms with E-state index in [0.717, 1.165) is 29.8 Å². The summed E-state index contributed by atoms with van der Waals surface area (Å²) < 4.78 is 18.9. The van der Waals surface area contributed by atoms with Gasteiger partial charge in [-0.2, -0.15) is 0 Å². The van der Waals surface area contributed by atoms with Crippen LogP contribution in [0.5, 0.6) is 5.75 Å². The molecule has 0 aliphatic carbocycles. The van der Waals surface area contributed by atoms with Crippen molar-refractivity contribution in [3.8, 4) is 5.75 Å². The molecule has 1 unspecified atom stereocenters. The van der Waals surface area contributed by atoms with Crippen LogP contribution in [-0.4, -0.2) is 101 Å². The largest absolute Gasteiger partial charge is 0.508 e. The maximum absolute atomic E-state index is 13.9. The molecule has 0 saturated carbocycles. The van der Waals surface area contributed by atoms with Gasteiger partial charge in [-0.15, -0.1) is 0 Å². The summed E-state index contributed by atoms with van der Waals surface area (Å²) in [5.41, 5.74) is 3.52. The Morgan fingerprint density at radius 3 is 2.32 bits per heavy atom. The number of phenols is 1. The Hall–Kier alpha value is -3.79. The molecular formula is C35H43FN4O4. The second-order valence-electron chi connectivity index (χ2n) is 12.0. The third kappa shape index (κ3) is 7.64. The van der Waals surface area contributed by atoms with E-state index in [9.17, 15) is 19.1 Å². The van der Waals surface area contributed by atoms with Crippen LogP contribution in [-0.2, 0) is 16.1 Å². The third-order valence-electron chi connectivity index (χ3n) is 8.72. The molecule has 2 aliphatic heterocycles. The molecule has 9 heteroatoms. The van der Waals surface area contributed by atoms with Gasteiger partial charge in [-0.3, -0.25) is 24.3 Å². The van der Waals surface area contributed by atoms with Crippen molar-refractivity contribution >= 4 is 11.9 Å². The van der Waals surface area contributed by atoms with Crippen LogP contribution in [0.1, 0.15) is 53.9 Å². The van der Waals surface area contributed by atoms with Crippen molar-refractivity contribution in [3.05, 3.63) is 101 Å². The Labute approximate surface area is 259 Å². The normalized spacial score (nSPS) is 20.8. The number of amides is 1. The van der Waals surface area contributed by atoms with Crippen molar-refractivity contribution < 1.29 is 23.8 Å². The third-order valence-corrected chi connectivity index (χ3v) is 8.72. The average molecular weight is 603 g/mol. The molecule has 0 bridgehead atoms. The Morgan fingerprint density at radius 1 is 0.909 bits per heavy atom. The maximum Gasteiger partial charge on any atom is 0.320 e. The molecule has 2 heterocycles. The van der Waals surface area contributed by atoms with Gasteiger partial charge in [0.15, 0.2) is 0 Å². The minimum Gasteiger partial charge on any atom is -0.508 e. The van der Waals surface area contributed by atoms with E-state index in [1.165, 1.54) is 6.07 Å². The van der Waals surface area contributed by atoms with Crippen LogP contribution in [0.25, 0.3) is 0 Å². The summed E-state index contributed by atoms with van der Waals surface area (Å²) in [5.74, 6) is -0.292. The molecule has 3 aromatic carbocycles. The number of halogens is 1. The van der Waals surface area contributed by atoms with E-state index in [2.05, 4.69) is 29.7 Å². The topological polar surface area (TPSA) is 76.6 Å². The lowest BCUT2D eigenvalue weighted by Crippen LogP contribution is -2.56. The molecule has 0 spiro atoms. The fraction of sp³-hybridized carbons (Fsp3) is 0.429. The molecule has 2 aliphatic rings. The van der Waals surface area contributed by atoms with Gasteiger partial charge in [0.2, 0.25) is 0 Å². The lowest BCUT2D eigenvalue weighted by Gasteiger charge is -2.47. The lowest BCUT2D eigenvalue weighted by atomic mass is 9.92. The number of nitrogens with zero attached hydrogens (tertiary/aromatic N) is 4. The van der Waals surface area contributed by atoms with Gasteiger partial charge in [-0.1, -0.05) is 36.4 Å². The van der Waals surface area contributed by atoms with Crippen LogP contribution < -0.4 is 0 Å². The second-order valence-corrected chi connectivity index (χ2v) is 12.0. The van der Waals surface area contributed by atoms with Gasteiger partial charge in [0.05, 0.1) is 19.2 Å². The first-order valence-corrected chi connectivity index (χ1v) is 15.5. The quantitative estimate of drug-likeness (QED) is 0.361. The molecule has 8 nitrogen and oxygen atoms in total. The van der Waals surface area contributed by atoms with E-state index in [1.54, 1.807) is 31.2 Å². The van der Waals surface area contributed by atoms with Crippen LogP contribution >= 0.6 is 0 Å². The van der Waals surface area contributed by atoms with E-state index in [0.29, 0.717) is 44.9 Å². The first-order chi connectivity index (χ1) is 21.2. The molecule has 44 heavy (non-hydrogen) atoms. The summed E-state index contributed by atoms with van der Waals surface area (Å²) in [5, 5.41) is 10.4. The van der Waals surface area contributed by atoms with E-state index in [-0.39, 0.29) is 48.1 Å². The number of carbonyl (C=O) groups excluding carboxylic acids is 2. The maximum atomic E-state index is 13.9. The number of phenolic OH excluding ortho intramolecular Hbond substituents is 1. The van der Waals surface area contributed by atoms with E-state index >= 15 is 0 Å². The number of aromatic hydroxyl groups is 1. The number of hydrogen-bond donors (Lipinski definition) is 1. The summed E-state index contributed by atoms with van der Waals surface area (Å²) in [7, 11) is 0. The SMILES string of the molecule is CCOC(=O)CN1CCN(C(=O)c2cccc(C(c3cccc(O)c3)N3C[C@@H](C)N(Cc4cccc(F)c4)C[C@@H]3C)c2)CC1. The first kappa shape index (κ1) is 31.6. The molecule has 3 atom stereocenters. The Morgan fingerprint density at radius 2 is 1.61 bits per heavy atom. The van der Waals surface area contributed by atoms with E-state index in [1.807, 2.05) is 46.2 Å². The molecule has 0 aromatic heterocycles. The van der Waals surface area contributed by atoms with Crippen LogP contribution in [0, 0.1) is 5.82 Å². The number of benzene rings is 3. The molecule has 2 saturated heterocycles. The molecule has 2 fully saturated rings. The fourth-order valence-electron chi connectivity index (χ4n) is 6.47. The molecule has 5 rings (SSSR count). The minimum absolute atomic E-state index is 0.0291. The number of rotatable bonds is 9. The zero-order valence-electron chi connectivity index (χ0n) is 25.9. The van der Waals surface area contributed by atoms with Crippen LogP contribution in [0.4, 0.5) is 4.39 Å². The first-order valence-electron chi connectivity index (χ1n) is 15.5. The Kier molecular flexibility index (Phi) is 10.3. The van der Waals surface area contributed by atoms with Crippen molar-refractivity contribution in [1.82, 2.24) is 19.6 Å². The smallest absolute Gasteiger partial charge is 0.320 e. The van der Waals surface area contributed by atoms with Crippen molar-refractivity contribution in [2.24, 2.45) is 0 Å². The highest BCUT2D eigenvalue weighted by atomic mass is 19.1. The summed E-state index contributed by atoms with van der Waals surface area (Å²) in [6.07, 6.45) is 0. The highest BCUT2D eigenvalue weighted by Crippen LogP contribution is 2.35. The van der Waals surface area contributed by atoms with Gasteiger partial charge in [0.25, 0.3) is 5.91 Å². The van der Waals surface area contributed by atoms with Gasteiger partial charge >= 0.3 is 5.97 Å². The number of piperazine rings is 2. The van der Waals surface area contributed by atoms with Crippen LogP contribution in [0.2, 0.25) is 0 Å². The number of ether oxygens (including phenoxy) is 1. The number of hydrogen-bond acceptors (Lipinski definition) is 7. The molecule has 234 valence electrons. The van der Waals surface area contributed by atoms with Crippen molar-refractivity contribution in [1.29, 1.82) is 0 Å².